The number of aliphatic hydroxyl groups is 1. The minimum absolute atomic E-state index is 0.106. The number of nitrogens with two attached hydrogens (primary N) is 1. The molecule has 2 unspecified atom stereocenters. The molecule has 17 heavy (non-hydrogen) atoms. The third-order valence-electron chi connectivity index (χ3n) is 3.59. The summed E-state index contributed by atoms with van der Waals surface area (Å²) >= 11 is 0. The Morgan fingerprint density at radius 2 is 2.24 bits per heavy atom. The number of likely N-dealkylation sites (tertiary alicyclic amines) is 1. The van der Waals surface area contributed by atoms with E-state index in [0.717, 1.165) is 32.5 Å². The van der Waals surface area contributed by atoms with Crippen LogP contribution in [0.2, 0.25) is 0 Å². The number of aryl methyl sites for hydroxylation is 1. The molecule has 0 saturated carbocycles. The van der Waals surface area contributed by atoms with Crippen LogP contribution in [-0.2, 0) is 0 Å². The monoisotopic (exact) mass is 234 g/mol. The van der Waals surface area contributed by atoms with Gasteiger partial charge in [0.1, 0.15) is 0 Å². The topological polar surface area (TPSA) is 49.5 Å². The van der Waals surface area contributed by atoms with Gasteiger partial charge < -0.3 is 15.7 Å². The Bertz CT molecular complexity index is 367. The van der Waals surface area contributed by atoms with E-state index in [0.29, 0.717) is 0 Å². The van der Waals surface area contributed by atoms with Crippen LogP contribution in [0.4, 0.5) is 0 Å². The van der Waals surface area contributed by atoms with E-state index in [-0.39, 0.29) is 12.1 Å². The molecule has 0 radical (unpaired) electrons. The van der Waals surface area contributed by atoms with Gasteiger partial charge in [-0.3, -0.25) is 0 Å². The highest BCUT2D eigenvalue weighted by Gasteiger charge is 2.20. The van der Waals surface area contributed by atoms with E-state index in [2.05, 4.69) is 24.0 Å². The van der Waals surface area contributed by atoms with Crippen molar-refractivity contribution in [3.8, 4) is 0 Å². The van der Waals surface area contributed by atoms with Crippen molar-refractivity contribution in [2.45, 2.75) is 31.9 Å². The molecule has 3 nitrogen and oxygen atoms in total. The number of benzene rings is 1. The molecule has 0 spiro atoms. The molecule has 1 aromatic rings. The first-order valence-electron chi connectivity index (χ1n) is 6.38. The molecule has 2 atom stereocenters. The van der Waals surface area contributed by atoms with Gasteiger partial charge in [-0.1, -0.05) is 24.3 Å². The number of hydrogen-bond donors (Lipinski definition) is 2. The fourth-order valence-electron chi connectivity index (χ4n) is 2.50. The van der Waals surface area contributed by atoms with E-state index in [9.17, 15) is 5.11 Å². The van der Waals surface area contributed by atoms with Crippen molar-refractivity contribution in [3.63, 3.8) is 0 Å². The zero-order valence-electron chi connectivity index (χ0n) is 10.5. The van der Waals surface area contributed by atoms with Gasteiger partial charge in [0, 0.05) is 25.7 Å². The Morgan fingerprint density at radius 1 is 1.47 bits per heavy atom. The molecule has 1 saturated heterocycles. The van der Waals surface area contributed by atoms with Crippen LogP contribution in [-0.4, -0.2) is 35.7 Å². The van der Waals surface area contributed by atoms with Crippen LogP contribution < -0.4 is 5.73 Å². The Balaban J connectivity index is 1.85. The summed E-state index contributed by atoms with van der Waals surface area (Å²) in [7, 11) is 0. The fourth-order valence-corrected chi connectivity index (χ4v) is 2.50. The van der Waals surface area contributed by atoms with Crippen LogP contribution in [0.25, 0.3) is 0 Å². The van der Waals surface area contributed by atoms with E-state index in [1.54, 1.807) is 0 Å². The molecule has 0 bridgehead atoms. The molecule has 1 aliphatic heterocycles. The summed E-state index contributed by atoms with van der Waals surface area (Å²) in [4.78, 5) is 2.29. The average molecular weight is 234 g/mol. The van der Waals surface area contributed by atoms with E-state index in [1.165, 1.54) is 11.1 Å². The quantitative estimate of drug-likeness (QED) is 0.829. The highest BCUT2D eigenvalue weighted by Crippen LogP contribution is 2.19. The largest absolute Gasteiger partial charge is 0.392 e. The first kappa shape index (κ1) is 12.6. The van der Waals surface area contributed by atoms with Crippen molar-refractivity contribution in [2.24, 2.45) is 5.73 Å². The van der Waals surface area contributed by atoms with Gasteiger partial charge in [0.15, 0.2) is 0 Å². The lowest BCUT2D eigenvalue weighted by molar-refractivity contribution is 0.175. The van der Waals surface area contributed by atoms with E-state index in [4.69, 9.17) is 5.73 Å². The number of β-amino-alcohol motifs (C(OH)–C–C–N with tert-alkyl or cyclic N) is 1. The van der Waals surface area contributed by atoms with Crippen LogP contribution in [0.3, 0.4) is 0 Å². The molecule has 2 rings (SSSR count). The zero-order chi connectivity index (χ0) is 12.3. The van der Waals surface area contributed by atoms with E-state index in [1.807, 2.05) is 12.1 Å². The smallest absolute Gasteiger partial charge is 0.0679 e. The van der Waals surface area contributed by atoms with Crippen molar-refractivity contribution in [2.75, 3.05) is 19.6 Å². The van der Waals surface area contributed by atoms with Gasteiger partial charge in [-0.2, -0.15) is 0 Å². The lowest BCUT2D eigenvalue weighted by atomic mass is 9.99. The molecule has 1 fully saturated rings. The molecule has 0 amide bonds. The summed E-state index contributed by atoms with van der Waals surface area (Å²) in [6, 6.07) is 8.41. The summed E-state index contributed by atoms with van der Waals surface area (Å²) in [5.41, 5.74) is 8.73. The van der Waals surface area contributed by atoms with Gasteiger partial charge in [-0.25, -0.2) is 0 Å². The van der Waals surface area contributed by atoms with Crippen molar-refractivity contribution < 1.29 is 5.11 Å². The lowest BCUT2D eigenvalue weighted by Crippen LogP contribution is -2.26. The highest BCUT2D eigenvalue weighted by molar-refractivity contribution is 5.28. The molecule has 3 heteroatoms. The second kappa shape index (κ2) is 5.63. The Morgan fingerprint density at radius 3 is 2.88 bits per heavy atom. The standard InChI is InChI=1S/C14H22N2O/c1-11-4-2-3-5-13(11)14(15)7-9-16-8-6-12(17)10-16/h2-5,12,14,17H,6-10,15H2,1H3. The maximum absolute atomic E-state index is 9.45. The Labute approximate surface area is 103 Å². The Kier molecular flexibility index (Phi) is 4.15. The molecule has 94 valence electrons. The van der Waals surface area contributed by atoms with Crippen LogP contribution in [0.15, 0.2) is 24.3 Å². The molecule has 1 aromatic carbocycles. The maximum atomic E-state index is 9.45. The second-order valence-corrected chi connectivity index (χ2v) is 4.99. The number of rotatable bonds is 4. The van der Waals surface area contributed by atoms with E-state index < -0.39 is 0 Å². The molecule has 1 aliphatic rings. The fraction of sp³-hybridized carbons (Fsp3) is 0.571. The van der Waals surface area contributed by atoms with Gasteiger partial charge in [-0.15, -0.1) is 0 Å². The second-order valence-electron chi connectivity index (χ2n) is 4.99. The number of hydrogen-bond acceptors (Lipinski definition) is 3. The third kappa shape index (κ3) is 3.28. The molecular formula is C14H22N2O. The third-order valence-corrected chi connectivity index (χ3v) is 3.59. The van der Waals surface area contributed by atoms with Gasteiger partial charge in [0.05, 0.1) is 6.10 Å². The van der Waals surface area contributed by atoms with Crippen molar-refractivity contribution in [1.29, 1.82) is 0 Å². The molecule has 3 N–H and O–H groups in total. The van der Waals surface area contributed by atoms with Gasteiger partial charge in [0.25, 0.3) is 0 Å². The van der Waals surface area contributed by atoms with Gasteiger partial charge in [-0.05, 0) is 30.9 Å². The first-order valence-corrected chi connectivity index (χ1v) is 6.38. The van der Waals surface area contributed by atoms with Crippen LogP contribution >= 0.6 is 0 Å². The number of aliphatic hydroxyl groups excluding tert-OH is 1. The van der Waals surface area contributed by atoms with Crippen LogP contribution in [0.5, 0.6) is 0 Å². The minimum atomic E-state index is -0.135. The normalized spacial score (nSPS) is 22.9. The molecule has 0 aromatic heterocycles. The van der Waals surface area contributed by atoms with Crippen molar-refractivity contribution >= 4 is 0 Å². The summed E-state index contributed by atoms with van der Waals surface area (Å²) in [5, 5.41) is 9.45. The number of nitrogens with zero attached hydrogens (tertiary/aromatic N) is 1. The predicted molar refractivity (Wildman–Crippen MR) is 69.8 cm³/mol. The maximum Gasteiger partial charge on any atom is 0.0679 e. The first-order chi connectivity index (χ1) is 8.16. The van der Waals surface area contributed by atoms with Crippen molar-refractivity contribution in [1.82, 2.24) is 4.90 Å². The molecular weight excluding hydrogens is 212 g/mol. The van der Waals surface area contributed by atoms with Crippen LogP contribution in [0, 0.1) is 6.92 Å². The predicted octanol–water partition coefficient (Wildman–Crippen LogP) is 1.45. The summed E-state index contributed by atoms with van der Waals surface area (Å²) < 4.78 is 0. The SMILES string of the molecule is Cc1ccccc1C(N)CCN1CCC(O)C1. The summed E-state index contributed by atoms with van der Waals surface area (Å²) in [5.74, 6) is 0. The zero-order valence-corrected chi connectivity index (χ0v) is 10.5. The molecule has 1 heterocycles. The molecule has 0 aliphatic carbocycles. The van der Waals surface area contributed by atoms with Gasteiger partial charge >= 0.3 is 0 Å². The van der Waals surface area contributed by atoms with Gasteiger partial charge in [0.2, 0.25) is 0 Å². The minimum Gasteiger partial charge on any atom is -0.392 e. The highest BCUT2D eigenvalue weighted by atomic mass is 16.3. The Hall–Kier alpha value is -0.900. The van der Waals surface area contributed by atoms with Crippen molar-refractivity contribution in [3.05, 3.63) is 35.4 Å². The van der Waals surface area contributed by atoms with Crippen LogP contribution in [0.1, 0.15) is 30.0 Å². The summed E-state index contributed by atoms with van der Waals surface area (Å²) in [6.45, 7) is 4.89. The van der Waals surface area contributed by atoms with E-state index >= 15 is 0 Å². The lowest BCUT2D eigenvalue weighted by Gasteiger charge is -2.19. The average Bonchev–Trinajstić information content (AvgIpc) is 2.73. The summed E-state index contributed by atoms with van der Waals surface area (Å²) in [6.07, 6.45) is 1.72.